The first kappa shape index (κ1) is 20.4. The van der Waals surface area contributed by atoms with Crippen LogP contribution in [0.4, 0.5) is 0 Å². The zero-order chi connectivity index (χ0) is 18.2. The van der Waals surface area contributed by atoms with E-state index in [4.69, 9.17) is 4.74 Å². The molecular weight excluding hydrogens is 328 g/mol. The molecule has 0 bridgehead atoms. The number of carbonyl (C=O) groups excluding carboxylic acids is 1. The fourth-order valence-electron chi connectivity index (χ4n) is 2.02. The Bertz CT molecular complexity index is 612. The second kappa shape index (κ2) is 9.64. The summed E-state index contributed by atoms with van der Waals surface area (Å²) in [5.41, 5.74) is 0. The maximum atomic E-state index is 12.1. The van der Waals surface area contributed by atoms with Gasteiger partial charge in [-0.2, -0.15) is 0 Å². The number of sulfonamides is 1. The molecule has 136 valence electrons. The Kier molecular flexibility index (Phi) is 8.21. The Labute approximate surface area is 145 Å². The Balaban J connectivity index is 2.63. The van der Waals surface area contributed by atoms with Crippen molar-refractivity contribution < 1.29 is 17.9 Å². The molecule has 1 atom stereocenters. The van der Waals surface area contributed by atoms with Crippen LogP contribution in [0.15, 0.2) is 29.2 Å². The van der Waals surface area contributed by atoms with Crippen LogP contribution < -0.4 is 14.8 Å². The molecule has 0 heterocycles. The maximum Gasteiger partial charge on any atom is 0.260 e. The number of hydrogen-bond acceptors (Lipinski definition) is 4. The Hall–Kier alpha value is -1.60. The molecule has 1 amide bonds. The van der Waals surface area contributed by atoms with Gasteiger partial charge < -0.3 is 10.1 Å². The molecule has 0 spiro atoms. The summed E-state index contributed by atoms with van der Waals surface area (Å²) >= 11 is 0. The first-order chi connectivity index (χ1) is 11.3. The quantitative estimate of drug-likeness (QED) is 0.631. The molecule has 1 aromatic rings. The predicted octanol–water partition coefficient (Wildman–Crippen LogP) is 2.45. The molecule has 0 fully saturated rings. The molecule has 2 N–H and O–H groups in total. The van der Waals surface area contributed by atoms with Crippen molar-refractivity contribution in [1.29, 1.82) is 0 Å². The fourth-order valence-corrected chi connectivity index (χ4v) is 3.10. The first-order valence-electron chi connectivity index (χ1n) is 8.33. The zero-order valence-corrected chi connectivity index (χ0v) is 15.7. The van der Waals surface area contributed by atoms with Crippen molar-refractivity contribution in [2.75, 3.05) is 6.54 Å². The lowest BCUT2D eigenvalue weighted by Crippen LogP contribution is -2.40. The highest BCUT2D eigenvalue weighted by molar-refractivity contribution is 7.89. The van der Waals surface area contributed by atoms with Crippen molar-refractivity contribution in [3.63, 3.8) is 0 Å². The van der Waals surface area contributed by atoms with Gasteiger partial charge in [-0.1, -0.05) is 19.8 Å². The monoisotopic (exact) mass is 356 g/mol. The van der Waals surface area contributed by atoms with Gasteiger partial charge in [0.15, 0.2) is 6.10 Å². The van der Waals surface area contributed by atoms with E-state index in [-0.39, 0.29) is 16.8 Å². The first-order valence-corrected chi connectivity index (χ1v) is 9.81. The molecule has 24 heavy (non-hydrogen) atoms. The molecule has 0 saturated carbocycles. The topological polar surface area (TPSA) is 84.5 Å². The number of benzene rings is 1. The van der Waals surface area contributed by atoms with Crippen LogP contribution in [0.2, 0.25) is 0 Å². The summed E-state index contributed by atoms with van der Waals surface area (Å²) in [6, 6.07) is 6.10. The minimum atomic E-state index is -3.50. The van der Waals surface area contributed by atoms with E-state index in [1.807, 2.05) is 13.8 Å². The van der Waals surface area contributed by atoms with Gasteiger partial charge >= 0.3 is 0 Å². The van der Waals surface area contributed by atoms with Crippen LogP contribution in [0, 0.1) is 0 Å². The van der Waals surface area contributed by atoms with E-state index in [2.05, 4.69) is 17.0 Å². The molecule has 0 saturated heterocycles. The van der Waals surface area contributed by atoms with E-state index < -0.39 is 16.1 Å². The molecule has 0 radical (unpaired) electrons. The van der Waals surface area contributed by atoms with Gasteiger partial charge in [-0.05, 0) is 51.5 Å². The van der Waals surface area contributed by atoms with E-state index in [1.54, 1.807) is 19.1 Å². The van der Waals surface area contributed by atoms with Crippen LogP contribution in [0.1, 0.15) is 47.0 Å². The van der Waals surface area contributed by atoms with E-state index in [1.165, 1.54) is 12.1 Å². The van der Waals surface area contributed by atoms with Gasteiger partial charge in [0.2, 0.25) is 10.0 Å². The molecule has 1 aromatic carbocycles. The standard InChI is InChI=1S/C17H28N2O4S/c1-5-6-7-12-18-24(21,22)16-10-8-15(9-11-16)23-14(4)17(20)19-13(2)3/h8-11,13-14,18H,5-7,12H2,1-4H3,(H,19,20)/t14-/m1/s1. The second-order valence-electron chi connectivity index (χ2n) is 6.00. The molecule has 0 aromatic heterocycles. The Morgan fingerprint density at radius 2 is 1.75 bits per heavy atom. The van der Waals surface area contributed by atoms with Gasteiger partial charge in [-0.25, -0.2) is 13.1 Å². The molecule has 0 aliphatic carbocycles. The number of carbonyl (C=O) groups is 1. The average molecular weight is 356 g/mol. The maximum absolute atomic E-state index is 12.1. The summed E-state index contributed by atoms with van der Waals surface area (Å²) in [5.74, 6) is 0.241. The third kappa shape index (κ3) is 6.88. The summed E-state index contributed by atoms with van der Waals surface area (Å²) in [7, 11) is -3.50. The van der Waals surface area contributed by atoms with Gasteiger partial charge in [0.25, 0.3) is 5.91 Å². The van der Waals surface area contributed by atoms with Gasteiger partial charge in [0, 0.05) is 12.6 Å². The molecule has 0 aliphatic heterocycles. The fraction of sp³-hybridized carbons (Fsp3) is 0.588. The third-order valence-corrected chi connectivity index (χ3v) is 4.80. The minimum absolute atomic E-state index is 0.0369. The van der Waals surface area contributed by atoms with Crippen LogP contribution in [0.3, 0.4) is 0 Å². The van der Waals surface area contributed by atoms with E-state index in [0.717, 1.165) is 19.3 Å². The highest BCUT2D eigenvalue weighted by atomic mass is 32.2. The highest BCUT2D eigenvalue weighted by Gasteiger charge is 2.17. The molecule has 0 unspecified atom stereocenters. The van der Waals surface area contributed by atoms with Crippen LogP contribution in [0.5, 0.6) is 5.75 Å². The normalized spacial score (nSPS) is 12.9. The summed E-state index contributed by atoms with van der Waals surface area (Å²) in [6.45, 7) is 7.89. The number of hydrogen-bond donors (Lipinski definition) is 2. The highest BCUT2D eigenvalue weighted by Crippen LogP contribution is 2.17. The van der Waals surface area contributed by atoms with Crippen LogP contribution >= 0.6 is 0 Å². The lowest BCUT2D eigenvalue weighted by atomic mass is 10.3. The lowest BCUT2D eigenvalue weighted by molar-refractivity contribution is -0.127. The molecule has 1 rings (SSSR count). The van der Waals surface area contributed by atoms with Gasteiger partial charge in [-0.3, -0.25) is 4.79 Å². The summed E-state index contributed by atoms with van der Waals surface area (Å²) in [5, 5.41) is 2.76. The Morgan fingerprint density at radius 3 is 2.29 bits per heavy atom. The summed E-state index contributed by atoms with van der Waals surface area (Å²) in [6.07, 6.45) is 2.20. The largest absolute Gasteiger partial charge is 0.481 e. The number of nitrogens with one attached hydrogen (secondary N) is 2. The van der Waals surface area contributed by atoms with Gasteiger partial charge in [0.1, 0.15) is 5.75 Å². The third-order valence-electron chi connectivity index (χ3n) is 3.32. The molecule has 7 heteroatoms. The summed E-state index contributed by atoms with van der Waals surface area (Å²) < 4.78 is 32.4. The molecule has 6 nitrogen and oxygen atoms in total. The average Bonchev–Trinajstić information content (AvgIpc) is 2.51. The van der Waals surface area contributed by atoms with E-state index in [9.17, 15) is 13.2 Å². The number of amides is 1. The smallest absolute Gasteiger partial charge is 0.260 e. The lowest BCUT2D eigenvalue weighted by Gasteiger charge is -2.16. The van der Waals surface area contributed by atoms with Crippen molar-refractivity contribution in [3.8, 4) is 5.75 Å². The number of ether oxygens (including phenoxy) is 1. The van der Waals surface area contributed by atoms with Gasteiger partial charge in [0.05, 0.1) is 4.90 Å². The number of unbranched alkanes of at least 4 members (excludes halogenated alkanes) is 2. The summed E-state index contributed by atoms with van der Waals surface area (Å²) in [4.78, 5) is 12.0. The van der Waals surface area contributed by atoms with Gasteiger partial charge in [-0.15, -0.1) is 0 Å². The van der Waals surface area contributed by atoms with Crippen LogP contribution in [-0.2, 0) is 14.8 Å². The van der Waals surface area contributed by atoms with Crippen molar-refractivity contribution >= 4 is 15.9 Å². The van der Waals surface area contributed by atoms with Crippen molar-refractivity contribution in [2.45, 2.75) is 64.0 Å². The van der Waals surface area contributed by atoms with E-state index in [0.29, 0.717) is 12.3 Å². The van der Waals surface area contributed by atoms with Crippen molar-refractivity contribution in [1.82, 2.24) is 10.0 Å². The molecule has 0 aliphatic rings. The Morgan fingerprint density at radius 1 is 1.12 bits per heavy atom. The predicted molar refractivity (Wildman–Crippen MR) is 94.5 cm³/mol. The van der Waals surface area contributed by atoms with Crippen molar-refractivity contribution in [3.05, 3.63) is 24.3 Å². The van der Waals surface area contributed by atoms with Crippen LogP contribution in [0.25, 0.3) is 0 Å². The SMILES string of the molecule is CCCCCNS(=O)(=O)c1ccc(O[C@H](C)C(=O)NC(C)C)cc1. The number of rotatable bonds is 10. The van der Waals surface area contributed by atoms with Crippen LogP contribution in [-0.4, -0.2) is 33.0 Å². The van der Waals surface area contributed by atoms with Crippen molar-refractivity contribution in [2.24, 2.45) is 0 Å². The zero-order valence-electron chi connectivity index (χ0n) is 14.8. The molecular formula is C17H28N2O4S. The van der Waals surface area contributed by atoms with E-state index >= 15 is 0 Å². The second-order valence-corrected chi connectivity index (χ2v) is 7.77. The minimum Gasteiger partial charge on any atom is -0.481 e.